The molecule has 0 fully saturated rings. The molecule has 0 rings (SSSR count). The number of nitrogens with one attached hydrogen (secondary N) is 1. The number of carbonyl (C=O) groups is 2. The number of methoxy groups -OCH3 is 1. The van der Waals surface area contributed by atoms with E-state index in [1.807, 2.05) is 13.8 Å². The van der Waals surface area contributed by atoms with Gasteiger partial charge < -0.3 is 14.8 Å². The fourth-order valence-corrected chi connectivity index (χ4v) is 1.51. The molecule has 1 atom stereocenters. The zero-order valence-electron chi connectivity index (χ0n) is 11.7. The van der Waals surface area contributed by atoms with Crippen LogP contribution >= 0.6 is 0 Å². The van der Waals surface area contributed by atoms with E-state index in [0.29, 0.717) is 13.2 Å². The third-order valence-electron chi connectivity index (χ3n) is 2.62. The molecule has 0 radical (unpaired) electrons. The van der Waals surface area contributed by atoms with Crippen LogP contribution in [0.5, 0.6) is 0 Å². The normalized spacial score (nSPS) is 11.7. The van der Waals surface area contributed by atoms with Gasteiger partial charge in [-0.1, -0.05) is 26.7 Å². The van der Waals surface area contributed by atoms with Gasteiger partial charge in [-0.3, -0.25) is 4.79 Å². The summed E-state index contributed by atoms with van der Waals surface area (Å²) in [6.45, 7) is 4.90. The fourth-order valence-electron chi connectivity index (χ4n) is 1.51. The van der Waals surface area contributed by atoms with E-state index in [4.69, 9.17) is 4.74 Å². The summed E-state index contributed by atoms with van der Waals surface area (Å²) in [7, 11) is 1.41. The van der Waals surface area contributed by atoms with Crippen molar-refractivity contribution in [1.82, 2.24) is 5.32 Å². The van der Waals surface area contributed by atoms with Crippen LogP contribution in [0.1, 0.15) is 46.0 Å². The Kier molecular flexibility index (Phi) is 10.1. The van der Waals surface area contributed by atoms with Gasteiger partial charge in [-0.15, -0.1) is 0 Å². The van der Waals surface area contributed by atoms with Crippen LogP contribution in [-0.2, 0) is 14.3 Å². The van der Waals surface area contributed by atoms with Crippen LogP contribution in [-0.4, -0.2) is 32.3 Å². The van der Waals surface area contributed by atoms with Crippen molar-refractivity contribution in [2.24, 2.45) is 5.92 Å². The zero-order chi connectivity index (χ0) is 13.8. The maximum atomic E-state index is 11.1. The maximum absolute atomic E-state index is 11.1. The lowest BCUT2D eigenvalue weighted by Gasteiger charge is -2.09. The van der Waals surface area contributed by atoms with Crippen LogP contribution in [0.3, 0.4) is 0 Å². The van der Waals surface area contributed by atoms with E-state index in [9.17, 15) is 9.59 Å². The Hall–Kier alpha value is -1.26. The maximum Gasteiger partial charge on any atom is 0.407 e. The average Bonchev–Trinajstić information content (AvgIpc) is 2.38. The minimum absolute atomic E-state index is 0.0440. The van der Waals surface area contributed by atoms with Gasteiger partial charge in [0.2, 0.25) is 0 Å². The Morgan fingerprint density at radius 1 is 1.22 bits per heavy atom. The number of rotatable bonds is 9. The van der Waals surface area contributed by atoms with Crippen molar-refractivity contribution < 1.29 is 19.1 Å². The molecule has 0 aliphatic carbocycles. The van der Waals surface area contributed by atoms with Crippen molar-refractivity contribution in [2.45, 2.75) is 46.0 Å². The number of alkyl carbamates (subject to hydrolysis) is 1. The molecule has 0 saturated heterocycles. The quantitative estimate of drug-likeness (QED) is 0.510. The summed E-state index contributed by atoms with van der Waals surface area (Å²) in [4.78, 5) is 22.2. The number of amides is 1. The molecule has 1 N–H and O–H groups in total. The topological polar surface area (TPSA) is 64.6 Å². The molecule has 0 aromatic heterocycles. The van der Waals surface area contributed by atoms with Crippen LogP contribution in [0.4, 0.5) is 4.79 Å². The molecule has 18 heavy (non-hydrogen) atoms. The highest BCUT2D eigenvalue weighted by atomic mass is 16.5. The Morgan fingerprint density at radius 3 is 2.56 bits per heavy atom. The standard InChI is InChI=1S/C13H25NO4/c1-4-10-18-13(16)14-9-7-5-6-8-11(2)12(15)17-3/h11H,4-10H2,1-3H3,(H,14,16)/t11-/m1/s1. The first-order chi connectivity index (χ1) is 8.61. The Balaban J connectivity index is 3.35. The second-order valence-electron chi connectivity index (χ2n) is 4.34. The number of carbonyl (C=O) groups excluding carboxylic acids is 2. The number of esters is 1. The molecule has 1 amide bonds. The summed E-state index contributed by atoms with van der Waals surface area (Å²) in [5, 5.41) is 2.69. The van der Waals surface area contributed by atoms with Gasteiger partial charge in [0.25, 0.3) is 0 Å². The van der Waals surface area contributed by atoms with Gasteiger partial charge in [0.1, 0.15) is 0 Å². The molecule has 0 bridgehead atoms. The van der Waals surface area contributed by atoms with Gasteiger partial charge in [-0.05, 0) is 19.3 Å². The van der Waals surface area contributed by atoms with E-state index >= 15 is 0 Å². The molecule has 0 saturated carbocycles. The predicted molar refractivity (Wildman–Crippen MR) is 69.3 cm³/mol. The molecule has 5 heteroatoms. The number of hydrogen-bond donors (Lipinski definition) is 1. The molecule has 0 unspecified atom stereocenters. The van der Waals surface area contributed by atoms with Crippen molar-refractivity contribution >= 4 is 12.1 Å². The molecular weight excluding hydrogens is 234 g/mol. The highest BCUT2D eigenvalue weighted by Crippen LogP contribution is 2.10. The molecule has 5 nitrogen and oxygen atoms in total. The number of hydrogen-bond acceptors (Lipinski definition) is 4. The van der Waals surface area contributed by atoms with E-state index in [0.717, 1.165) is 32.1 Å². The van der Waals surface area contributed by atoms with Crippen LogP contribution in [0.25, 0.3) is 0 Å². The third-order valence-corrected chi connectivity index (χ3v) is 2.62. The smallest absolute Gasteiger partial charge is 0.407 e. The lowest BCUT2D eigenvalue weighted by molar-refractivity contribution is -0.145. The first kappa shape index (κ1) is 16.7. The second kappa shape index (κ2) is 10.9. The van der Waals surface area contributed by atoms with Crippen molar-refractivity contribution in [3.8, 4) is 0 Å². The molecule has 0 aliphatic heterocycles. The molecular formula is C13H25NO4. The second-order valence-corrected chi connectivity index (χ2v) is 4.34. The van der Waals surface area contributed by atoms with Crippen molar-refractivity contribution in [3.63, 3.8) is 0 Å². The van der Waals surface area contributed by atoms with E-state index < -0.39 is 0 Å². The minimum atomic E-state index is -0.347. The molecule has 0 heterocycles. The van der Waals surface area contributed by atoms with Gasteiger partial charge in [-0.2, -0.15) is 0 Å². The summed E-state index contributed by atoms with van der Waals surface area (Å²) < 4.78 is 9.52. The van der Waals surface area contributed by atoms with Crippen molar-refractivity contribution in [2.75, 3.05) is 20.3 Å². The lowest BCUT2D eigenvalue weighted by Crippen LogP contribution is -2.25. The summed E-state index contributed by atoms with van der Waals surface area (Å²) >= 11 is 0. The van der Waals surface area contributed by atoms with E-state index in [2.05, 4.69) is 10.1 Å². The largest absolute Gasteiger partial charge is 0.469 e. The highest BCUT2D eigenvalue weighted by Gasteiger charge is 2.11. The minimum Gasteiger partial charge on any atom is -0.469 e. The molecule has 0 spiro atoms. The van der Waals surface area contributed by atoms with E-state index in [-0.39, 0.29) is 18.0 Å². The van der Waals surface area contributed by atoms with Gasteiger partial charge in [0.05, 0.1) is 19.6 Å². The summed E-state index contributed by atoms with van der Waals surface area (Å²) in [5.41, 5.74) is 0. The van der Waals surface area contributed by atoms with Crippen molar-refractivity contribution in [1.29, 1.82) is 0 Å². The number of unbranched alkanes of at least 4 members (excludes halogenated alkanes) is 2. The summed E-state index contributed by atoms with van der Waals surface area (Å²) in [6.07, 6.45) is 4.15. The first-order valence-electron chi connectivity index (χ1n) is 6.60. The molecule has 0 aromatic carbocycles. The number of ether oxygens (including phenoxy) is 2. The Bertz CT molecular complexity index is 243. The zero-order valence-corrected chi connectivity index (χ0v) is 11.7. The Labute approximate surface area is 109 Å². The third kappa shape index (κ3) is 8.84. The Morgan fingerprint density at radius 2 is 1.94 bits per heavy atom. The van der Waals surface area contributed by atoms with E-state index in [1.165, 1.54) is 7.11 Å². The summed E-state index contributed by atoms with van der Waals surface area (Å²) in [5.74, 6) is -0.200. The SMILES string of the molecule is CCCOC(=O)NCCCCC[C@@H](C)C(=O)OC. The van der Waals surface area contributed by atoms with Gasteiger partial charge in [-0.25, -0.2) is 4.79 Å². The van der Waals surface area contributed by atoms with Crippen LogP contribution in [0.15, 0.2) is 0 Å². The van der Waals surface area contributed by atoms with E-state index in [1.54, 1.807) is 0 Å². The lowest BCUT2D eigenvalue weighted by atomic mass is 10.0. The van der Waals surface area contributed by atoms with Crippen LogP contribution in [0.2, 0.25) is 0 Å². The first-order valence-corrected chi connectivity index (χ1v) is 6.60. The molecule has 0 aromatic rings. The van der Waals surface area contributed by atoms with Crippen LogP contribution < -0.4 is 5.32 Å². The average molecular weight is 259 g/mol. The highest BCUT2D eigenvalue weighted by molar-refractivity contribution is 5.71. The predicted octanol–water partition coefficient (Wildman–Crippen LogP) is 2.49. The van der Waals surface area contributed by atoms with Crippen LogP contribution in [0, 0.1) is 5.92 Å². The summed E-state index contributed by atoms with van der Waals surface area (Å²) in [6, 6.07) is 0. The van der Waals surface area contributed by atoms with Gasteiger partial charge >= 0.3 is 12.1 Å². The monoisotopic (exact) mass is 259 g/mol. The van der Waals surface area contributed by atoms with Gasteiger partial charge in [0.15, 0.2) is 0 Å². The molecule has 0 aliphatic rings. The molecule has 106 valence electrons. The van der Waals surface area contributed by atoms with Gasteiger partial charge in [0, 0.05) is 6.54 Å². The fraction of sp³-hybridized carbons (Fsp3) is 0.846. The van der Waals surface area contributed by atoms with Crippen molar-refractivity contribution in [3.05, 3.63) is 0 Å².